The highest BCUT2D eigenvalue weighted by molar-refractivity contribution is 5.96. The number of aliphatic hydroxyl groups excluding tert-OH is 1. The van der Waals surface area contributed by atoms with Gasteiger partial charge in [-0.05, 0) is 54.8 Å². The molecule has 65 heavy (non-hydrogen) atoms. The van der Waals surface area contributed by atoms with E-state index in [4.69, 9.17) is 28.4 Å². The van der Waals surface area contributed by atoms with Gasteiger partial charge in [-0.15, -0.1) is 0 Å². The van der Waals surface area contributed by atoms with E-state index in [0.29, 0.717) is 5.56 Å². The maximum atomic E-state index is 15.5. The predicted molar refractivity (Wildman–Crippen MR) is 227 cm³/mol. The molecule has 16 nitrogen and oxygen atoms in total. The van der Waals surface area contributed by atoms with Crippen LogP contribution in [0.5, 0.6) is 0 Å². The van der Waals surface area contributed by atoms with Crippen LogP contribution in [0, 0.1) is 16.7 Å². The summed E-state index contributed by atoms with van der Waals surface area (Å²) in [5.74, 6) is -10.3. The summed E-state index contributed by atoms with van der Waals surface area (Å²) in [6, 6.07) is 22.6. The Morgan fingerprint density at radius 3 is 2.00 bits per heavy atom. The van der Waals surface area contributed by atoms with Gasteiger partial charge in [-0.1, -0.05) is 87.2 Å². The number of ketones is 1. The summed E-state index contributed by atoms with van der Waals surface area (Å²) in [5, 5.41) is 28.5. The van der Waals surface area contributed by atoms with Gasteiger partial charge >= 0.3 is 29.8 Å². The van der Waals surface area contributed by atoms with Gasteiger partial charge in [-0.2, -0.15) is 0 Å². The third-order valence-corrected chi connectivity index (χ3v) is 13.4. The van der Waals surface area contributed by atoms with E-state index < -0.39 is 119 Å². The molecule has 0 radical (unpaired) electrons. The first-order valence-corrected chi connectivity index (χ1v) is 21.1. The molecule has 1 heterocycles. The number of carbonyl (C=O) groups is 7. The topological polar surface area (TPSA) is 231 Å². The fraction of sp³-hybridized carbons (Fsp3) is 0.408. The van der Waals surface area contributed by atoms with Gasteiger partial charge in [0.05, 0.1) is 23.0 Å². The van der Waals surface area contributed by atoms with Crippen molar-refractivity contribution in [3.63, 3.8) is 0 Å². The normalized spacial score (nSPS) is 30.6. The van der Waals surface area contributed by atoms with E-state index in [1.165, 1.54) is 39.8 Å². The lowest BCUT2D eigenvalue weighted by Crippen LogP contribution is -2.74. The number of hydrogen-bond acceptors (Lipinski definition) is 15. The van der Waals surface area contributed by atoms with Crippen molar-refractivity contribution in [3.05, 3.63) is 131 Å². The van der Waals surface area contributed by atoms with Gasteiger partial charge in [-0.3, -0.25) is 19.2 Å². The number of carbonyl (C=O) groups excluding carboxylic acids is 7. The van der Waals surface area contributed by atoms with E-state index in [9.17, 15) is 39.0 Å². The highest BCUT2D eigenvalue weighted by Crippen LogP contribution is 2.67. The summed E-state index contributed by atoms with van der Waals surface area (Å²) >= 11 is 0. The fourth-order valence-electron chi connectivity index (χ4n) is 10.0. The van der Waals surface area contributed by atoms with Gasteiger partial charge < -0.3 is 44.0 Å². The quantitative estimate of drug-likeness (QED) is 0.0751. The number of hydrogen-bond donors (Lipinski definition) is 3. The fourth-order valence-corrected chi connectivity index (χ4v) is 10.0. The smallest absolute Gasteiger partial charge is 0.350 e. The van der Waals surface area contributed by atoms with E-state index >= 15 is 4.79 Å². The molecule has 342 valence electrons. The highest BCUT2D eigenvalue weighted by Gasteiger charge is 2.82. The van der Waals surface area contributed by atoms with Crippen LogP contribution in [0.3, 0.4) is 0 Å². The molecule has 3 fully saturated rings. The summed E-state index contributed by atoms with van der Waals surface area (Å²) in [4.78, 5) is 97.3. The number of fused-ring (bicyclic) bond motifs is 5. The van der Waals surface area contributed by atoms with Crippen LogP contribution in [-0.4, -0.2) is 99.8 Å². The molecule has 3 N–H and O–H groups in total. The summed E-state index contributed by atoms with van der Waals surface area (Å²) in [6.45, 7) is 11.5. The molecular formula is C49H51NO15. The first-order chi connectivity index (χ1) is 30.7. The van der Waals surface area contributed by atoms with Crippen LogP contribution < -0.4 is 5.32 Å². The summed E-state index contributed by atoms with van der Waals surface area (Å²) in [6.07, 6.45) is -9.88. The lowest BCUT2D eigenvalue weighted by atomic mass is 9.47. The standard InChI is InChI=1S/C49H51NO15/c1-8-35(54)62-39(37(29-18-12-9-13-19-29)50-43(56)30-20-14-10-15-21-30)45(58)61-32-25-48(59)42(63-44(57)31-22-16-11-17-23-31)40-47(7,33(53)24-34-49(40,65-34)64-28(4)52)41(55)38(60-27(3)51)36(26(32)2)46(48,5)6/h8-23,32-34,37-40,42,53,59H,1,24-25H2,2-7H3,(H,50,56)/t32-,33-,34+,37-,38+,39+,40-,42-,47+,48+,49+/m0/s1. The Kier molecular flexibility index (Phi) is 12.5. The second-order valence-electron chi connectivity index (χ2n) is 17.5. The average molecular weight is 894 g/mol. The van der Waals surface area contributed by atoms with Crippen molar-refractivity contribution in [1.82, 2.24) is 5.32 Å². The van der Waals surface area contributed by atoms with Crippen molar-refractivity contribution in [2.45, 2.75) is 108 Å². The molecule has 0 spiro atoms. The second-order valence-corrected chi connectivity index (χ2v) is 17.5. The Morgan fingerprint density at radius 1 is 0.846 bits per heavy atom. The number of ether oxygens (including phenoxy) is 6. The third kappa shape index (κ3) is 8.14. The Balaban J connectivity index is 1.41. The van der Waals surface area contributed by atoms with E-state index in [1.807, 2.05) is 0 Å². The number of esters is 5. The molecule has 3 aromatic rings. The predicted octanol–water partition coefficient (Wildman–Crippen LogP) is 4.43. The minimum absolute atomic E-state index is 0.0371. The molecule has 11 atom stereocenters. The molecule has 1 aliphatic heterocycles. The molecule has 2 bridgehead atoms. The van der Waals surface area contributed by atoms with Crippen LogP contribution in [0.4, 0.5) is 0 Å². The Hall–Kier alpha value is -6.49. The zero-order chi connectivity index (χ0) is 47.2. The van der Waals surface area contributed by atoms with Crippen LogP contribution in [0.15, 0.2) is 115 Å². The van der Waals surface area contributed by atoms with Gasteiger partial charge in [0, 0.05) is 43.7 Å². The number of aliphatic hydroxyl groups is 2. The van der Waals surface area contributed by atoms with Crippen molar-refractivity contribution in [2.75, 3.05) is 0 Å². The molecule has 4 aliphatic rings. The SMILES string of the molecule is C=CC(=O)O[C@@H](C(=O)O[C@H]1C[C@@]2(O)[C@@H](OC(=O)c3ccccc3)[C@@H]3[C@]4(OC(C)=O)O[C@@H]4C[C@H](O)[C@@]3(C)C(=O)[C@H](OC(C)=O)C(=C1C)C2(C)C)[C@@H](NC(=O)c1ccccc1)c1ccccc1. The molecular weight excluding hydrogens is 843 g/mol. The monoisotopic (exact) mass is 893 g/mol. The van der Waals surface area contributed by atoms with Gasteiger partial charge in [0.2, 0.25) is 11.9 Å². The first-order valence-electron chi connectivity index (χ1n) is 21.1. The van der Waals surface area contributed by atoms with E-state index in [0.717, 1.165) is 19.9 Å². The third-order valence-electron chi connectivity index (χ3n) is 13.4. The maximum Gasteiger partial charge on any atom is 0.350 e. The van der Waals surface area contributed by atoms with Gasteiger partial charge in [0.15, 0.2) is 11.9 Å². The largest absolute Gasteiger partial charge is 0.455 e. The molecule has 1 saturated heterocycles. The molecule has 1 amide bonds. The number of Topliss-reactive ketones (excluding diaryl/α,β-unsaturated/α-hetero) is 1. The van der Waals surface area contributed by atoms with Crippen molar-refractivity contribution in [1.29, 1.82) is 0 Å². The van der Waals surface area contributed by atoms with Crippen molar-refractivity contribution in [3.8, 4) is 0 Å². The first kappa shape index (κ1) is 46.5. The van der Waals surface area contributed by atoms with Crippen LogP contribution in [-0.2, 0) is 52.4 Å². The Bertz CT molecular complexity index is 2440. The van der Waals surface area contributed by atoms with Crippen molar-refractivity contribution < 1.29 is 72.2 Å². The number of nitrogens with one attached hydrogen (secondary N) is 1. The second kappa shape index (κ2) is 17.5. The zero-order valence-electron chi connectivity index (χ0n) is 36.7. The molecule has 3 aromatic carbocycles. The number of amides is 1. The van der Waals surface area contributed by atoms with Crippen molar-refractivity contribution >= 4 is 41.5 Å². The highest BCUT2D eigenvalue weighted by atomic mass is 16.8. The summed E-state index contributed by atoms with van der Waals surface area (Å²) in [7, 11) is 0. The summed E-state index contributed by atoms with van der Waals surface area (Å²) < 4.78 is 36.1. The minimum Gasteiger partial charge on any atom is -0.455 e. The van der Waals surface area contributed by atoms with Crippen LogP contribution in [0.25, 0.3) is 0 Å². The molecule has 16 heteroatoms. The van der Waals surface area contributed by atoms with E-state index in [-0.39, 0.29) is 28.7 Å². The Morgan fingerprint density at radius 2 is 1.43 bits per heavy atom. The minimum atomic E-state index is -2.46. The summed E-state index contributed by atoms with van der Waals surface area (Å²) in [5.41, 5.74) is -5.64. The molecule has 7 rings (SSSR count). The molecule has 0 unspecified atom stereocenters. The lowest BCUT2D eigenvalue weighted by molar-refractivity contribution is -0.252. The van der Waals surface area contributed by atoms with Gasteiger partial charge in [0.1, 0.15) is 30.0 Å². The lowest BCUT2D eigenvalue weighted by Gasteiger charge is -2.60. The van der Waals surface area contributed by atoms with E-state index in [2.05, 4.69) is 11.9 Å². The van der Waals surface area contributed by atoms with Crippen LogP contribution in [0.2, 0.25) is 0 Å². The van der Waals surface area contributed by atoms with E-state index in [1.54, 1.807) is 78.9 Å². The maximum absolute atomic E-state index is 15.5. The van der Waals surface area contributed by atoms with Crippen molar-refractivity contribution in [2.24, 2.45) is 16.7 Å². The number of epoxide rings is 1. The van der Waals surface area contributed by atoms with Crippen LogP contribution in [0.1, 0.15) is 86.7 Å². The number of benzene rings is 3. The average Bonchev–Trinajstić information content (AvgIpc) is 3.96. The van der Waals surface area contributed by atoms with Gasteiger partial charge in [0.25, 0.3) is 5.91 Å². The van der Waals surface area contributed by atoms with Gasteiger partial charge in [-0.25, -0.2) is 14.4 Å². The zero-order valence-corrected chi connectivity index (χ0v) is 36.7. The molecule has 0 aromatic heterocycles. The Labute approximate surface area is 374 Å². The van der Waals surface area contributed by atoms with Crippen LogP contribution >= 0.6 is 0 Å². The molecule has 3 aliphatic carbocycles. The number of rotatable bonds is 12. The molecule has 2 saturated carbocycles.